The molecule has 5 heteroatoms. The number of hydrogen-bond donors (Lipinski definition) is 0. The maximum atomic E-state index is 5.25. The van der Waals surface area contributed by atoms with Crippen LogP contribution in [0.3, 0.4) is 0 Å². The molecule has 0 aliphatic heterocycles. The fraction of sp³-hybridized carbons (Fsp3) is 0. The Kier molecular flexibility index (Phi) is 8.65. The average molecular weight is 809 g/mol. The summed E-state index contributed by atoms with van der Waals surface area (Å²) < 4.78 is 5.01. The first-order valence-electron chi connectivity index (χ1n) is 20.8. The average Bonchev–Trinajstić information content (AvgIpc) is 3.90. The first kappa shape index (κ1) is 35.9. The van der Waals surface area contributed by atoms with Crippen molar-refractivity contribution in [3.05, 3.63) is 218 Å². The third-order valence-electron chi connectivity index (χ3n) is 11.9. The van der Waals surface area contributed by atoms with Gasteiger partial charge in [0.15, 0.2) is 17.5 Å². The zero-order valence-corrected chi connectivity index (χ0v) is 34.3. The number of nitrogens with zero attached hydrogens (tertiary/aromatic N) is 4. The molecule has 4 nitrogen and oxygen atoms in total. The van der Waals surface area contributed by atoms with Crippen LogP contribution >= 0.6 is 11.3 Å². The normalized spacial score (nSPS) is 11.5. The number of benzene rings is 9. The number of aromatic nitrogens is 4. The highest BCUT2D eigenvalue weighted by Crippen LogP contribution is 2.42. The van der Waals surface area contributed by atoms with Crippen LogP contribution in [-0.4, -0.2) is 19.5 Å². The summed E-state index contributed by atoms with van der Waals surface area (Å²) in [5, 5.41) is 4.99. The third-order valence-corrected chi connectivity index (χ3v) is 13.1. The lowest BCUT2D eigenvalue weighted by atomic mass is 10.00. The van der Waals surface area contributed by atoms with Crippen molar-refractivity contribution in [2.24, 2.45) is 0 Å². The molecule has 0 spiro atoms. The van der Waals surface area contributed by atoms with Crippen LogP contribution in [0.1, 0.15) is 0 Å². The van der Waals surface area contributed by atoms with E-state index in [1.54, 1.807) is 0 Å². The monoisotopic (exact) mass is 808 g/mol. The molecule has 3 heterocycles. The Morgan fingerprint density at radius 3 is 1.56 bits per heavy atom. The fourth-order valence-corrected chi connectivity index (χ4v) is 10.1. The van der Waals surface area contributed by atoms with Crippen LogP contribution in [0.5, 0.6) is 0 Å². The second-order valence-electron chi connectivity index (χ2n) is 15.6. The van der Waals surface area contributed by atoms with Gasteiger partial charge >= 0.3 is 0 Å². The summed E-state index contributed by atoms with van der Waals surface area (Å²) in [6.07, 6.45) is 0. The van der Waals surface area contributed by atoms with Gasteiger partial charge in [-0.3, -0.25) is 0 Å². The van der Waals surface area contributed by atoms with Crippen molar-refractivity contribution in [2.45, 2.75) is 0 Å². The van der Waals surface area contributed by atoms with E-state index in [0.29, 0.717) is 17.5 Å². The highest BCUT2D eigenvalue weighted by molar-refractivity contribution is 7.26. The number of fused-ring (bicyclic) bond motifs is 6. The molecule has 12 aromatic rings. The molecule has 0 saturated carbocycles. The van der Waals surface area contributed by atoms with Crippen LogP contribution in [0.4, 0.5) is 0 Å². The summed E-state index contributed by atoms with van der Waals surface area (Å²) in [6.45, 7) is 0. The molecular weight excluding hydrogens is 773 g/mol. The quantitative estimate of drug-likeness (QED) is 0.161. The minimum atomic E-state index is 0.611. The summed E-state index contributed by atoms with van der Waals surface area (Å²) in [4.78, 5) is 15.6. The minimum absolute atomic E-state index is 0.611. The highest BCUT2D eigenvalue weighted by Gasteiger charge is 2.20. The van der Waals surface area contributed by atoms with E-state index in [1.807, 2.05) is 29.5 Å². The lowest BCUT2D eigenvalue weighted by molar-refractivity contribution is 1.07. The third kappa shape index (κ3) is 6.18. The van der Waals surface area contributed by atoms with Crippen LogP contribution in [0.25, 0.3) is 115 Å². The SMILES string of the molecule is c1ccc(-c2ccc3c4ccccc4n(-c4cc(-c5nc(-c6ccccc6)nc(-c6ccc(-c7cccc8c7sc7ccccc78)cc6)n5)ccc4-c4ccccc4)c3c2)cc1. The predicted octanol–water partition coefficient (Wildman–Crippen LogP) is 15.3. The van der Waals surface area contributed by atoms with Gasteiger partial charge in [-0.15, -0.1) is 11.3 Å². The highest BCUT2D eigenvalue weighted by atomic mass is 32.1. The molecule has 9 aromatic carbocycles. The number of hydrogen-bond acceptors (Lipinski definition) is 4. The second kappa shape index (κ2) is 14.9. The van der Waals surface area contributed by atoms with Crippen LogP contribution < -0.4 is 0 Å². The molecule has 0 atom stereocenters. The molecule has 3 aromatic heterocycles. The van der Waals surface area contributed by atoms with Gasteiger partial charge in [-0.2, -0.15) is 0 Å². The van der Waals surface area contributed by atoms with Crippen LogP contribution in [0.2, 0.25) is 0 Å². The van der Waals surface area contributed by atoms with Crippen molar-refractivity contribution in [1.82, 2.24) is 19.5 Å². The number of thiophene rings is 1. The lowest BCUT2D eigenvalue weighted by Gasteiger charge is -2.17. The van der Waals surface area contributed by atoms with Gasteiger partial charge in [-0.1, -0.05) is 194 Å². The van der Waals surface area contributed by atoms with Gasteiger partial charge in [0.25, 0.3) is 0 Å². The molecule has 0 N–H and O–H groups in total. The van der Waals surface area contributed by atoms with Crippen LogP contribution in [-0.2, 0) is 0 Å². The molecule has 0 aliphatic carbocycles. The molecule has 0 unspecified atom stereocenters. The Morgan fingerprint density at radius 1 is 0.306 bits per heavy atom. The maximum absolute atomic E-state index is 5.25. The molecule has 12 rings (SSSR count). The molecule has 0 radical (unpaired) electrons. The zero-order chi connectivity index (χ0) is 41.0. The van der Waals surface area contributed by atoms with E-state index in [1.165, 1.54) is 47.6 Å². The Morgan fingerprint density at radius 2 is 0.823 bits per heavy atom. The van der Waals surface area contributed by atoms with Crippen molar-refractivity contribution in [3.8, 4) is 73.2 Å². The van der Waals surface area contributed by atoms with Crippen LogP contribution in [0.15, 0.2) is 218 Å². The second-order valence-corrected chi connectivity index (χ2v) is 16.6. The lowest BCUT2D eigenvalue weighted by Crippen LogP contribution is -2.02. The van der Waals surface area contributed by atoms with E-state index in [9.17, 15) is 0 Å². The topological polar surface area (TPSA) is 43.6 Å². The zero-order valence-electron chi connectivity index (χ0n) is 33.5. The Hall–Kier alpha value is -7.99. The standard InChI is InChI=1S/C57H36N4S/c1-4-15-37(16-5-1)42-31-34-47-46-21-10-12-25-50(46)61(52(47)35-42)51-36-43(32-33-44(51)38-17-6-2-7-18-38)57-59-55(40-19-8-3-9-20-40)58-56(60-57)41-29-27-39(28-30-41)45-23-14-24-49-48-22-11-13-26-53(48)62-54(45)49/h1-36H. The Bertz CT molecular complexity index is 3610. The van der Waals surface area contributed by atoms with Gasteiger partial charge in [-0.05, 0) is 52.1 Å². The van der Waals surface area contributed by atoms with E-state index in [0.717, 1.165) is 50.1 Å². The van der Waals surface area contributed by atoms with Crippen molar-refractivity contribution < 1.29 is 0 Å². The van der Waals surface area contributed by atoms with Crippen LogP contribution in [0, 0.1) is 0 Å². The van der Waals surface area contributed by atoms with Crippen molar-refractivity contribution in [3.63, 3.8) is 0 Å². The Balaban J connectivity index is 1.04. The smallest absolute Gasteiger partial charge is 0.164 e. The summed E-state index contributed by atoms with van der Waals surface area (Å²) in [5.41, 5.74) is 13.1. The van der Waals surface area contributed by atoms with Gasteiger partial charge in [0.05, 0.1) is 16.7 Å². The van der Waals surface area contributed by atoms with E-state index >= 15 is 0 Å². The first-order chi connectivity index (χ1) is 30.7. The maximum Gasteiger partial charge on any atom is 0.164 e. The molecule has 290 valence electrons. The molecule has 0 aliphatic rings. The Labute approximate surface area is 362 Å². The number of rotatable bonds is 7. The molecule has 0 bridgehead atoms. The van der Waals surface area contributed by atoms with E-state index < -0.39 is 0 Å². The molecule has 0 saturated heterocycles. The van der Waals surface area contributed by atoms with Gasteiger partial charge in [0.2, 0.25) is 0 Å². The van der Waals surface area contributed by atoms with Crippen molar-refractivity contribution in [2.75, 3.05) is 0 Å². The molecular formula is C57H36N4S. The van der Waals surface area contributed by atoms with E-state index in [2.05, 4.69) is 205 Å². The fourth-order valence-electron chi connectivity index (χ4n) is 8.88. The largest absolute Gasteiger partial charge is 0.309 e. The van der Waals surface area contributed by atoms with Gasteiger partial charge in [0.1, 0.15) is 0 Å². The first-order valence-corrected chi connectivity index (χ1v) is 21.7. The summed E-state index contributed by atoms with van der Waals surface area (Å²) in [6, 6.07) is 77.5. The van der Waals surface area contributed by atoms with Gasteiger partial charge < -0.3 is 4.57 Å². The summed E-state index contributed by atoms with van der Waals surface area (Å²) in [7, 11) is 0. The minimum Gasteiger partial charge on any atom is -0.309 e. The summed E-state index contributed by atoms with van der Waals surface area (Å²) >= 11 is 1.85. The molecule has 0 fully saturated rings. The van der Waals surface area contributed by atoms with Gasteiger partial charge in [0, 0.05) is 53.2 Å². The predicted molar refractivity (Wildman–Crippen MR) is 260 cm³/mol. The van der Waals surface area contributed by atoms with Crippen molar-refractivity contribution in [1.29, 1.82) is 0 Å². The van der Waals surface area contributed by atoms with E-state index in [-0.39, 0.29) is 0 Å². The summed E-state index contributed by atoms with van der Waals surface area (Å²) in [5.74, 6) is 1.86. The molecule has 0 amide bonds. The van der Waals surface area contributed by atoms with Gasteiger partial charge in [-0.25, -0.2) is 15.0 Å². The van der Waals surface area contributed by atoms with E-state index in [4.69, 9.17) is 15.0 Å². The van der Waals surface area contributed by atoms with Crippen molar-refractivity contribution >= 4 is 53.3 Å². The molecule has 62 heavy (non-hydrogen) atoms. The number of para-hydroxylation sites is 1.